The molecule has 2 N–H and O–H groups in total. The third-order valence-electron chi connectivity index (χ3n) is 4.64. The molecule has 0 aromatic heterocycles. The molecular weight excluding hydrogens is 273 g/mol. The summed E-state index contributed by atoms with van der Waals surface area (Å²) in [7, 11) is 0. The Balaban J connectivity index is 2.12. The molecule has 3 heteroatoms. The van der Waals surface area contributed by atoms with Crippen LogP contribution in [0.3, 0.4) is 0 Å². The average molecular weight is 298 g/mol. The molecule has 0 amide bonds. The van der Waals surface area contributed by atoms with Crippen molar-refractivity contribution in [1.82, 2.24) is 0 Å². The summed E-state index contributed by atoms with van der Waals surface area (Å²) in [6.45, 7) is 4.53. The highest BCUT2D eigenvalue weighted by Crippen LogP contribution is 2.46. The van der Waals surface area contributed by atoms with Crippen LogP contribution in [0.1, 0.15) is 51.5 Å². The Kier molecular flexibility index (Phi) is 5.09. The predicted molar refractivity (Wildman–Crippen MR) is 83.4 cm³/mol. The van der Waals surface area contributed by atoms with Crippen LogP contribution in [0.5, 0.6) is 0 Å². The van der Waals surface area contributed by atoms with Crippen molar-refractivity contribution in [2.75, 3.05) is 0 Å². The van der Waals surface area contributed by atoms with E-state index in [2.05, 4.69) is 13.8 Å². The molecule has 1 atom stereocenters. The Bertz CT molecular complexity index is 452. The lowest BCUT2D eigenvalue weighted by molar-refractivity contribution is 0.181. The molecule has 1 nitrogen and oxygen atoms in total. The lowest BCUT2D eigenvalue weighted by atomic mass is 9.71. The predicted octanol–water partition coefficient (Wildman–Crippen LogP) is 4.96. The third-order valence-corrected chi connectivity index (χ3v) is 4.93. The molecule has 1 aromatic carbocycles. The number of hydrogen-bond acceptors (Lipinski definition) is 1. The highest BCUT2D eigenvalue weighted by molar-refractivity contribution is 6.30. The van der Waals surface area contributed by atoms with Gasteiger partial charge in [0.1, 0.15) is 5.82 Å². The summed E-state index contributed by atoms with van der Waals surface area (Å²) in [6.07, 6.45) is 6.98. The molecule has 1 fully saturated rings. The van der Waals surface area contributed by atoms with E-state index >= 15 is 0 Å². The van der Waals surface area contributed by atoms with Crippen molar-refractivity contribution >= 4 is 11.6 Å². The minimum absolute atomic E-state index is 0.133. The molecule has 1 aliphatic rings. The van der Waals surface area contributed by atoms with Gasteiger partial charge in [0.05, 0.1) is 5.02 Å². The largest absolute Gasteiger partial charge is 0.327 e. The lowest BCUT2D eigenvalue weighted by Crippen LogP contribution is -2.42. The summed E-state index contributed by atoms with van der Waals surface area (Å²) in [5.41, 5.74) is 7.85. The maximum absolute atomic E-state index is 13.2. The zero-order valence-corrected chi connectivity index (χ0v) is 13.2. The van der Waals surface area contributed by atoms with Gasteiger partial charge >= 0.3 is 0 Å². The van der Waals surface area contributed by atoms with Crippen LogP contribution in [-0.2, 0) is 6.42 Å². The monoisotopic (exact) mass is 297 g/mol. The van der Waals surface area contributed by atoms with E-state index in [-0.39, 0.29) is 22.3 Å². The van der Waals surface area contributed by atoms with Crippen LogP contribution < -0.4 is 5.73 Å². The summed E-state index contributed by atoms with van der Waals surface area (Å²) >= 11 is 5.86. The van der Waals surface area contributed by atoms with Gasteiger partial charge in [-0.1, -0.05) is 44.4 Å². The molecule has 1 aliphatic carbocycles. The van der Waals surface area contributed by atoms with Gasteiger partial charge < -0.3 is 5.73 Å². The van der Waals surface area contributed by atoms with Crippen molar-refractivity contribution in [3.05, 3.63) is 34.6 Å². The molecule has 0 aliphatic heterocycles. The van der Waals surface area contributed by atoms with E-state index in [9.17, 15) is 4.39 Å². The van der Waals surface area contributed by atoms with Crippen LogP contribution in [-0.4, -0.2) is 6.04 Å². The summed E-state index contributed by atoms with van der Waals surface area (Å²) in [5.74, 6) is 0.303. The van der Waals surface area contributed by atoms with E-state index in [1.807, 2.05) is 0 Å². The van der Waals surface area contributed by atoms with Gasteiger partial charge in [0, 0.05) is 6.04 Å². The number of benzene rings is 1. The molecule has 112 valence electrons. The third kappa shape index (κ3) is 3.53. The topological polar surface area (TPSA) is 26.0 Å². The first kappa shape index (κ1) is 15.8. The van der Waals surface area contributed by atoms with Crippen molar-refractivity contribution in [1.29, 1.82) is 0 Å². The van der Waals surface area contributed by atoms with Gasteiger partial charge in [-0.05, 0) is 54.7 Å². The minimum atomic E-state index is -0.359. The molecule has 0 spiro atoms. The van der Waals surface area contributed by atoms with E-state index < -0.39 is 0 Å². The van der Waals surface area contributed by atoms with Crippen molar-refractivity contribution in [2.24, 2.45) is 17.1 Å². The van der Waals surface area contributed by atoms with Crippen LogP contribution >= 0.6 is 11.6 Å². The number of halogens is 2. The first-order valence-corrected chi connectivity index (χ1v) is 8.00. The van der Waals surface area contributed by atoms with E-state index in [1.165, 1.54) is 38.2 Å². The highest BCUT2D eigenvalue weighted by atomic mass is 35.5. The molecule has 0 radical (unpaired) electrons. The average Bonchev–Trinajstić information content (AvgIpc) is 2.83. The Morgan fingerprint density at radius 2 is 1.95 bits per heavy atom. The molecule has 0 bridgehead atoms. The Morgan fingerprint density at radius 1 is 1.30 bits per heavy atom. The lowest BCUT2D eigenvalue weighted by Gasteiger charge is -2.37. The van der Waals surface area contributed by atoms with Crippen LogP contribution in [0.2, 0.25) is 5.02 Å². The Hall–Kier alpha value is -0.600. The van der Waals surface area contributed by atoms with E-state index in [1.54, 1.807) is 12.1 Å². The summed E-state index contributed by atoms with van der Waals surface area (Å²) in [5, 5.41) is 0.194. The number of nitrogens with two attached hydrogens (primary N) is 1. The normalized spacial score (nSPS) is 19.5. The molecule has 0 saturated heterocycles. The Labute approximate surface area is 126 Å². The molecule has 20 heavy (non-hydrogen) atoms. The number of hydrogen-bond donors (Lipinski definition) is 1. The van der Waals surface area contributed by atoms with Crippen LogP contribution in [0.25, 0.3) is 0 Å². The zero-order valence-electron chi connectivity index (χ0n) is 12.5. The van der Waals surface area contributed by atoms with Gasteiger partial charge in [-0.3, -0.25) is 0 Å². The molecule has 0 heterocycles. The zero-order chi connectivity index (χ0) is 14.8. The Morgan fingerprint density at radius 3 is 2.50 bits per heavy atom. The summed E-state index contributed by atoms with van der Waals surface area (Å²) < 4.78 is 13.2. The summed E-state index contributed by atoms with van der Waals surface area (Å²) in [6, 6.07) is 5.09. The van der Waals surface area contributed by atoms with Gasteiger partial charge in [-0.15, -0.1) is 0 Å². The molecule has 1 unspecified atom stereocenters. The smallest absolute Gasteiger partial charge is 0.141 e. The fourth-order valence-electron chi connectivity index (χ4n) is 3.76. The van der Waals surface area contributed by atoms with Crippen molar-refractivity contribution in [3.63, 3.8) is 0 Å². The fraction of sp³-hybridized carbons (Fsp3) is 0.647. The van der Waals surface area contributed by atoms with Crippen molar-refractivity contribution in [3.8, 4) is 0 Å². The van der Waals surface area contributed by atoms with E-state index in [0.717, 1.165) is 12.0 Å². The van der Waals surface area contributed by atoms with Crippen LogP contribution in [0, 0.1) is 17.2 Å². The van der Waals surface area contributed by atoms with E-state index in [4.69, 9.17) is 17.3 Å². The van der Waals surface area contributed by atoms with Gasteiger partial charge in [0.25, 0.3) is 0 Å². The second-order valence-electron chi connectivity index (χ2n) is 6.73. The van der Waals surface area contributed by atoms with Crippen LogP contribution in [0.4, 0.5) is 4.39 Å². The van der Waals surface area contributed by atoms with Crippen molar-refractivity contribution < 1.29 is 4.39 Å². The number of rotatable bonds is 5. The van der Waals surface area contributed by atoms with Gasteiger partial charge in [-0.25, -0.2) is 4.39 Å². The highest BCUT2D eigenvalue weighted by Gasteiger charge is 2.39. The maximum atomic E-state index is 13.2. The molecule has 1 aromatic rings. The molecule has 1 saturated carbocycles. The van der Waals surface area contributed by atoms with Crippen LogP contribution in [0.15, 0.2) is 18.2 Å². The first-order chi connectivity index (χ1) is 9.43. The second kappa shape index (κ2) is 6.44. The van der Waals surface area contributed by atoms with E-state index in [0.29, 0.717) is 5.92 Å². The molecule has 2 rings (SSSR count). The van der Waals surface area contributed by atoms with Gasteiger partial charge in [-0.2, -0.15) is 0 Å². The standard InChI is InChI=1S/C17H25ClFN/c1-12(2)11-17(7-3-4-8-17)16(20)10-13-5-6-15(19)14(18)9-13/h5-6,9,12,16H,3-4,7-8,10-11,20H2,1-2H3. The first-order valence-electron chi connectivity index (χ1n) is 7.62. The maximum Gasteiger partial charge on any atom is 0.141 e. The quantitative estimate of drug-likeness (QED) is 0.817. The van der Waals surface area contributed by atoms with Crippen molar-refractivity contribution in [2.45, 2.75) is 58.4 Å². The minimum Gasteiger partial charge on any atom is -0.327 e. The van der Waals surface area contributed by atoms with Gasteiger partial charge in [0.15, 0.2) is 0 Å². The SMILES string of the molecule is CC(C)CC1(C(N)Cc2ccc(F)c(Cl)c2)CCCC1. The van der Waals surface area contributed by atoms with Gasteiger partial charge in [0.2, 0.25) is 0 Å². The summed E-state index contributed by atoms with van der Waals surface area (Å²) in [4.78, 5) is 0. The fourth-order valence-corrected chi connectivity index (χ4v) is 3.96. The molecular formula is C17H25ClFN. The second-order valence-corrected chi connectivity index (χ2v) is 7.13.